The van der Waals surface area contributed by atoms with Crippen molar-refractivity contribution in [1.82, 2.24) is 14.9 Å². The molecule has 1 aromatic rings. The Morgan fingerprint density at radius 1 is 1.23 bits per heavy atom. The Kier molecular flexibility index (Phi) is 5.13. The monoisotopic (exact) mass is 303 g/mol. The van der Waals surface area contributed by atoms with Gasteiger partial charge in [-0.1, -0.05) is 12.8 Å². The SMILES string of the molecule is CN(C)CCNc1ccnc(N2CCCC3CCCCC32)n1. The maximum absolute atomic E-state index is 4.77. The lowest BCUT2D eigenvalue weighted by atomic mass is 9.78. The number of anilines is 2. The fourth-order valence-corrected chi connectivity index (χ4v) is 3.87. The van der Waals surface area contributed by atoms with Crippen LogP contribution in [-0.4, -0.2) is 54.6 Å². The van der Waals surface area contributed by atoms with E-state index < -0.39 is 0 Å². The predicted molar refractivity (Wildman–Crippen MR) is 91.4 cm³/mol. The maximum atomic E-state index is 4.77. The molecule has 2 heterocycles. The third-order valence-electron chi connectivity index (χ3n) is 5.01. The van der Waals surface area contributed by atoms with Crippen LogP contribution in [0.15, 0.2) is 12.3 Å². The molecule has 22 heavy (non-hydrogen) atoms. The molecule has 1 aromatic heterocycles. The van der Waals surface area contributed by atoms with E-state index in [9.17, 15) is 0 Å². The van der Waals surface area contributed by atoms with Crippen molar-refractivity contribution in [3.8, 4) is 0 Å². The zero-order valence-corrected chi connectivity index (χ0v) is 14.0. The number of likely N-dealkylation sites (N-methyl/N-ethyl adjacent to an activating group) is 1. The lowest BCUT2D eigenvalue weighted by molar-refractivity contribution is 0.241. The normalized spacial score (nSPS) is 25.1. The van der Waals surface area contributed by atoms with E-state index in [1.54, 1.807) is 0 Å². The van der Waals surface area contributed by atoms with E-state index in [-0.39, 0.29) is 0 Å². The molecule has 0 spiro atoms. The third kappa shape index (κ3) is 3.69. The van der Waals surface area contributed by atoms with Gasteiger partial charge in [0.15, 0.2) is 0 Å². The molecule has 0 amide bonds. The van der Waals surface area contributed by atoms with Gasteiger partial charge in [-0.25, -0.2) is 4.98 Å². The molecule has 2 unspecified atom stereocenters. The van der Waals surface area contributed by atoms with Crippen molar-refractivity contribution in [2.24, 2.45) is 5.92 Å². The fraction of sp³-hybridized carbons (Fsp3) is 0.765. The quantitative estimate of drug-likeness (QED) is 0.906. The van der Waals surface area contributed by atoms with Gasteiger partial charge in [0.2, 0.25) is 5.95 Å². The summed E-state index contributed by atoms with van der Waals surface area (Å²) in [5.41, 5.74) is 0. The number of piperidine rings is 1. The first-order valence-corrected chi connectivity index (χ1v) is 8.72. The van der Waals surface area contributed by atoms with Crippen LogP contribution in [0.4, 0.5) is 11.8 Å². The third-order valence-corrected chi connectivity index (χ3v) is 5.01. The number of nitrogens with one attached hydrogen (secondary N) is 1. The lowest BCUT2D eigenvalue weighted by Gasteiger charge is -2.44. The summed E-state index contributed by atoms with van der Waals surface area (Å²) in [6.07, 6.45) is 10.0. The highest BCUT2D eigenvalue weighted by Gasteiger charge is 2.34. The van der Waals surface area contributed by atoms with Crippen LogP contribution in [0.1, 0.15) is 38.5 Å². The Bertz CT molecular complexity index is 474. The van der Waals surface area contributed by atoms with Crippen molar-refractivity contribution < 1.29 is 0 Å². The summed E-state index contributed by atoms with van der Waals surface area (Å²) in [5, 5.41) is 3.41. The molecule has 122 valence electrons. The Morgan fingerprint density at radius 3 is 2.91 bits per heavy atom. The number of rotatable bonds is 5. The van der Waals surface area contributed by atoms with E-state index in [0.29, 0.717) is 6.04 Å². The molecule has 0 radical (unpaired) electrons. The first kappa shape index (κ1) is 15.5. The number of nitrogens with zero attached hydrogens (tertiary/aromatic N) is 4. The summed E-state index contributed by atoms with van der Waals surface area (Å²) in [6, 6.07) is 2.64. The number of aromatic nitrogens is 2. The largest absolute Gasteiger partial charge is 0.369 e. The van der Waals surface area contributed by atoms with Crippen molar-refractivity contribution >= 4 is 11.8 Å². The molecular formula is C17H29N5. The van der Waals surface area contributed by atoms with Crippen molar-refractivity contribution in [2.75, 3.05) is 43.9 Å². The number of hydrogen-bond acceptors (Lipinski definition) is 5. The zero-order chi connectivity index (χ0) is 15.4. The van der Waals surface area contributed by atoms with Crippen LogP contribution in [0.25, 0.3) is 0 Å². The van der Waals surface area contributed by atoms with E-state index in [2.05, 4.69) is 34.2 Å². The highest BCUT2D eigenvalue weighted by Crippen LogP contribution is 2.36. The van der Waals surface area contributed by atoms with Gasteiger partial charge in [0, 0.05) is 31.9 Å². The Hall–Kier alpha value is -1.36. The predicted octanol–water partition coefficient (Wildman–Crippen LogP) is 2.61. The molecule has 1 N–H and O–H groups in total. The molecule has 1 saturated heterocycles. The van der Waals surface area contributed by atoms with Crippen LogP contribution >= 0.6 is 0 Å². The molecule has 2 fully saturated rings. The van der Waals surface area contributed by atoms with Gasteiger partial charge in [-0.05, 0) is 51.8 Å². The highest BCUT2D eigenvalue weighted by molar-refractivity contribution is 5.42. The summed E-state index contributed by atoms with van der Waals surface area (Å²) in [5.74, 6) is 2.73. The van der Waals surface area contributed by atoms with Gasteiger partial charge in [-0.3, -0.25) is 0 Å². The van der Waals surface area contributed by atoms with Crippen molar-refractivity contribution in [2.45, 2.75) is 44.6 Å². The highest BCUT2D eigenvalue weighted by atomic mass is 15.3. The van der Waals surface area contributed by atoms with Crippen molar-refractivity contribution in [3.63, 3.8) is 0 Å². The Morgan fingerprint density at radius 2 is 2.05 bits per heavy atom. The van der Waals surface area contributed by atoms with Gasteiger partial charge in [-0.2, -0.15) is 4.98 Å². The summed E-state index contributed by atoms with van der Waals surface area (Å²) < 4.78 is 0. The first-order chi connectivity index (χ1) is 10.7. The average Bonchev–Trinajstić information content (AvgIpc) is 2.54. The second-order valence-corrected chi connectivity index (χ2v) is 6.92. The Balaban J connectivity index is 1.68. The van der Waals surface area contributed by atoms with Gasteiger partial charge in [0.25, 0.3) is 0 Å². The molecule has 5 heteroatoms. The molecule has 1 saturated carbocycles. The minimum absolute atomic E-state index is 0.666. The fourth-order valence-electron chi connectivity index (χ4n) is 3.87. The second-order valence-electron chi connectivity index (χ2n) is 6.92. The molecule has 3 rings (SSSR count). The molecule has 2 aliphatic rings. The molecule has 2 atom stereocenters. The van der Waals surface area contributed by atoms with Gasteiger partial charge >= 0.3 is 0 Å². The van der Waals surface area contributed by atoms with Crippen LogP contribution in [0, 0.1) is 5.92 Å². The smallest absolute Gasteiger partial charge is 0.227 e. The summed E-state index contributed by atoms with van der Waals surface area (Å²) in [7, 11) is 4.17. The number of hydrogen-bond donors (Lipinski definition) is 1. The van der Waals surface area contributed by atoms with Crippen LogP contribution < -0.4 is 10.2 Å². The van der Waals surface area contributed by atoms with Gasteiger partial charge in [0.1, 0.15) is 5.82 Å². The zero-order valence-electron chi connectivity index (χ0n) is 14.0. The Labute approximate surface area is 134 Å². The topological polar surface area (TPSA) is 44.3 Å². The number of fused-ring (bicyclic) bond motifs is 1. The minimum Gasteiger partial charge on any atom is -0.369 e. The van der Waals surface area contributed by atoms with Crippen LogP contribution in [0.5, 0.6) is 0 Å². The summed E-state index contributed by atoms with van der Waals surface area (Å²) >= 11 is 0. The molecule has 1 aliphatic heterocycles. The van der Waals surface area contributed by atoms with Gasteiger partial charge in [-0.15, -0.1) is 0 Å². The maximum Gasteiger partial charge on any atom is 0.227 e. The standard InChI is InChI=1S/C17H29N5/c1-21(2)13-11-18-16-9-10-19-17(20-16)22-12-5-7-14-6-3-4-8-15(14)22/h9-10,14-15H,3-8,11-13H2,1-2H3,(H,18,19,20). The molecule has 1 aliphatic carbocycles. The summed E-state index contributed by atoms with van der Waals surface area (Å²) in [4.78, 5) is 14.0. The second kappa shape index (κ2) is 7.27. The van der Waals surface area contributed by atoms with Gasteiger partial charge in [0.05, 0.1) is 0 Å². The molecule has 0 bridgehead atoms. The van der Waals surface area contributed by atoms with Crippen molar-refractivity contribution in [1.29, 1.82) is 0 Å². The van der Waals surface area contributed by atoms with Crippen LogP contribution in [0.3, 0.4) is 0 Å². The van der Waals surface area contributed by atoms with E-state index >= 15 is 0 Å². The molecular weight excluding hydrogens is 274 g/mol. The van der Waals surface area contributed by atoms with Crippen LogP contribution in [-0.2, 0) is 0 Å². The van der Waals surface area contributed by atoms with Crippen LogP contribution in [0.2, 0.25) is 0 Å². The van der Waals surface area contributed by atoms with E-state index in [0.717, 1.165) is 37.3 Å². The van der Waals surface area contributed by atoms with Gasteiger partial charge < -0.3 is 15.1 Å². The average molecular weight is 303 g/mol. The molecule has 5 nitrogen and oxygen atoms in total. The lowest BCUT2D eigenvalue weighted by Crippen LogP contribution is -2.47. The summed E-state index contributed by atoms with van der Waals surface area (Å²) in [6.45, 7) is 3.03. The van der Waals surface area contributed by atoms with E-state index in [1.165, 1.54) is 38.5 Å². The van der Waals surface area contributed by atoms with E-state index in [1.807, 2.05) is 12.3 Å². The van der Waals surface area contributed by atoms with E-state index in [4.69, 9.17) is 4.98 Å². The minimum atomic E-state index is 0.666. The molecule has 0 aromatic carbocycles. The first-order valence-electron chi connectivity index (χ1n) is 8.72. The van der Waals surface area contributed by atoms with Crippen molar-refractivity contribution in [3.05, 3.63) is 12.3 Å².